The monoisotopic (exact) mass is 397 g/mol. The zero-order valence-corrected chi connectivity index (χ0v) is 16.1. The maximum absolute atomic E-state index is 12.0. The van der Waals surface area contributed by atoms with Crippen molar-refractivity contribution in [1.29, 1.82) is 0 Å². The summed E-state index contributed by atoms with van der Waals surface area (Å²) in [5, 5.41) is 5.03. The fraction of sp³-hybridized carbons (Fsp3) is 0.182. The molecule has 3 aromatic rings. The predicted octanol–water partition coefficient (Wildman–Crippen LogP) is 4.29. The van der Waals surface area contributed by atoms with E-state index in [-0.39, 0.29) is 25.2 Å². The molecule has 0 aromatic heterocycles. The molecule has 144 valence electrons. The number of carbonyl (C=O) groups excluding carboxylic acids is 2. The summed E-state index contributed by atoms with van der Waals surface area (Å²) in [6.07, 6.45) is 0. The average Bonchev–Trinajstić information content (AvgIpc) is 2.72. The molecule has 0 spiro atoms. The molecule has 0 aliphatic heterocycles. The van der Waals surface area contributed by atoms with Crippen molar-refractivity contribution in [3.05, 3.63) is 77.3 Å². The van der Waals surface area contributed by atoms with Crippen LogP contribution in [0.3, 0.4) is 0 Å². The molecule has 0 saturated heterocycles. The van der Waals surface area contributed by atoms with Gasteiger partial charge in [-0.15, -0.1) is 0 Å². The molecule has 0 bridgehead atoms. The van der Waals surface area contributed by atoms with E-state index in [9.17, 15) is 9.59 Å². The van der Waals surface area contributed by atoms with Crippen LogP contribution in [0.2, 0.25) is 5.02 Å². The number of halogens is 1. The number of hydrogen-bond donors (Lipinski definition) is 1. The highest BCUT2D eigenvalue weighted by molar-refractivity contribution is 6.35. The van der Waals surface area contributed by atoms with Gasteiger partial charge < -0.3 is 14.8 Å². The number of ether oxygens (including phenoxy) is 2. The highest BCUT2D eigenvalue weighted by Gasteiger charge is 2.13. The first-order valence-corrected chi connectivity index (χ1v) is 9.22. The van der Waals surface area contributed by atoms with Gasteiger partial charge in [-0.3, -0.25) is 4.79 Å². The van der Waals surface area contributed by atoms with E-state index in [2.05, 4.69) is 5.32 Å². The van der Waals surface area contributed by atoms with Gasteiger partial charge in [-0.2, -0.15) is 0 Å². The minimum Gasteiger partial charge on any atom is -0.481 e. The quantitative estimate of drug-likeness (QED) is 0.604. The molecule has 0 radical (unpaired) electrons. The summed E-state index contributed by atoms with van der Waals surface area (Å²) < 4.78 is 10.5. The Hall–Kier alpha value is -3.05. The second-order valence-electron chi connectivity index (χ2n) is 6.24. The minimum absolute atomic E-state index is 0.177. The van der Waals surface area contributed by atoms with Gasteiger partial charge in [-0.1, -0.05) is 66.2 Å². The number of amides is 1. The second-order valence-corrected chi connectivity index (χ2v) is 6.65. The minimum atomic E-state index is -0.624. The fourth-order valence-corrected chi connectivity index (χ4v) is 3.02. The first kappa shape index (κ1) is 19.7. The van der Waals surface area contributed by atoms with Crippen LogP contribution in [-0.2, 0) is 14.3 Å². The van der Waals surface area contributed by atoms with Crippen molar-refractivity contribution in [3.8, 4) is 5.75 Å². The van der Waals surface area contributed by atoms with Gasteiger partial charge in [0.2, 0.25) is 0 Å². The van der Waals surface area contributed by atoms with Crippen LogP contribution in [-0.4, -0.2) is 25.1 Å². The van der Waals surface area contributed by atoms with Gasteiger partial charge in [0, 0.05) is 15.8 Å². The van der Waals surface area contributed by atoms with E-state index in [0.717, 1.165) is 16.3 Å². The van der Waals surface area contributed by atoms with Gasteiger partial charge in [0.25, 0.3) is 5.91 Å². The second kappa shape index (κ2) is 9.24. The number of benzene rings is 3. The molecule has 0 heterocycles. The number of fused-ring (bicyclic) bond motifs is 1. The summed E-state index contributed by atoms with van der Waals surface area (Å²) in [6.45, 7) is 1.21. The molecule has 0 saturated carbocycles. The van der Waals surface area contributed by atoms with Crippen LogP contribution in [0.5, 0.6) is 5.75 Å². The molecule has 0 fully saturated rings. The van der Waals surface area contributed by atoms with Crippen molar-refractivity contribution < 1.29 is 19.1 Å². The lowest BCUT2D eigenvalue weighted by molar-refractivity contribution is -0.150. The van der Waals surface area contributed by atoms with Crippen LogP contribution < -0.4 is 10.1 Å². The molecule has 5 nitrogen and oxygen atoms in total. The van der Waals surface area contributed by atoms with E-state index in [1.807, 2.05) is 61.5 Å². The van der Waals surface area contributed by atoms with E-state index in [1.165, 1.54) is 0 Å². The summed E-state index contributed by atoms with van der Waals surface area (Å²) in [5.41, 5.74) is 0.972. The predicted molar refractivity (Wildman–Crippen MR) is 108 cm³/mol. The van der Waals surface area contributed by atoms with Crippen LogP contribution in [0.25, 0.3) is 10.8 Å². The van der Waals surface area contributed by atoms with E-state index in [4.69, 9.17) is 21.1 Å². The maximum Gasteiger partial charge on any atom is 0.344 e. The van der Waals surface area contributed by atoms with Crippen molar-refractivity contribution >= 4 is 34.2 Å². The SMILES string of the molecule is C[C@@H](NC(=O)COC(=O)COc1ccc(Cl)c2ccccc12)c1ccccc1. The fourth-order valence-electron chi connectivity index (χ4n) is 2.79. The first-order chi connectivity index (χ1) is 13.5. The third-order valence-corrected chi connectivity index (χ3v) is 4.55. The van der Waals surface area contributed by atoms with Crippen molar-refractivity contribution in [2.75, 3.05) is 13.2 Å². The Morgan fingerprint density at radius 1 is 0.929 bits per heavy atom. The van der Waals surface area contributed by atoms with E-state index in [1.54, 1.807) is 12.1 Å². The highest BCUT2D eigenvalue weighted by Crippen LogP contribution is 2.31. The summed E-state index contributed by atoms with van der Waals surface area (Å²) >= 11 is 6.17. The number of rotatable bonds is 7. The highest BCUT2D eigenvalue weighted by atomic mass is 35.5. The summed E-state index contributed by atoms with van der Waals surface area (Å²) in [7, 11) is 0. The van der Waals surface area contributed by atoms with Gasteiger partial charge in [0.15, 0.2) is 13.2 Å². The van der Waals surface area contributed by atoms with Crippen LogP contribution in [0.15, 0.2) is 66.7 Å². The Morgan fingerprint density at radius 2 is 1.61 bits per heavy atom. The average molecular weight is 398 g/mol. The molecular formula is C22H20ClNO4. The third-order valence-electron chi connectivity index (χ3n) is 4.22. The maximum atomic E-state index is 12.0. The molecule has 28 heavy (non-hydrogen) atoms. The zero-order chi connectivity index (χ0) is 19.9. The lowest BCUT2D eigenvalue weighted by atomic mass is 10.1. The molecule has 1 amide bonds. The largest absolute Gasteiger partial charge is 0.481 e. The Balaban J connectivity index is 1.49. The Morgan fingerprint density at radius 3 is 2.36 bits per heavy atom. The standard InChI is InChI=1S/C22H20ClNO4/c1-15(16-7-3-2-4-8-16)24-21(25)13-28-22(26)14-27-20-12-11-19(23)17-9-5-6-10-18(17)20/h2-12,15H,13-14H2,1H3,(H,24,25)/t15-/m1/s1. The van der Waals surface area contributed by atoms with Crippen LogP contribution in [0, 0.1) is 0 Å². The van der Waals surface area contributed by atoms with Crippen molar-refractivity contribution in [2.45, 2.75) is 13.0 Å². The molecule has 3 rings (SSSR count). The molecule has 1 atom stereocenters. The summed E-state index contributed by atoms with van der Waals surface area (Å²) in [4.78, 5) is 23.9. The Kier molecular flexibility index (Phi) is 6.50. The Labute approximate surface area is 168 Å². The first-order valence-electron chi connectivity index (χ1n) is 8.84. The van der Waals surface area contributed by atoms with Crippen LogP contribution in [0.1, 0.15) is 18.5 Å². The number of esters is 1. The molecule has 0 aliphatic rings. The summed E-state index contributed by atoms with van der Waals surface area (Å²) in [5.74, 6) is -0.470. The zero-order valence-electron chi connectivity index (χ0n) is 15.4. The third kappa shape index (κ3) is 5.02. The van der Waals surface area contributed by atoms with Crippen molar-refractivity contribution in [3.63, 3.8) is 0 Å². The summed E-state index contributed by atoms with van der Waals surface area (Å²) in [6, 6.07) is 20.3. The van der Waals surface area contributed by atoms with Gasteiger partial charge in [-0.25, -0.2) is 4.79 Å². The van der Waals surface area contributed by atoms with E-state index in [0.29, 0.717) is 10.8 Å². The topological polar surface area (TPSA) is 64.6 Å². The van der Waals surface area contributed by atoms with Crippen LogP contribution >= 0.6 is 11.6 Å². The molecule has 0 aliphatic carbocycles. The number of nitrogens with one attached hydrogen (secondary N) is 1. The van der Waals surface area contributed by atoms with Crippen molar-refractivity contribution in [2.24, 2.45) is 0 Å². The lowest BCUT2D eigenvalue weighted by Crippen LogP contribution is -2.31. The van der Waals surface area contributed by atoms with Crippen molar-refractivity contribution in [1.82, 2.24) is 5.32 Å². The molecule has 3 aromatic carbocycles. The van der Waals surface area contributed by atoms with Crippen LogP contribution in [0.4, 0.5) is 0 Å². The normalized spacial score (nSPS) is 11.6. The van der Waals surface area contributed by atoms with E-state index < -0.39 is 5.97 Å². The molecular weight excluding hydrogens is 378 g/mol. The number of hydrogen-bond acceptors (Lipinski definition) is 4. The van der Waals surface area contributed by atoms with Gasteiger partial charge in [-0.05, 0) is 24.6 Å². The lowest BCUT2D eigenvalue weighted by Gasteiger charge is -2.14. The van der Waals surface area contributed by atoms with Gasteiger partial charge in [0.05, 0.1) is 6.04 Å². The smallest absolute Gasteiger partial charge is 0.344 e. The van der Waals surface area contributed by atoms with Gasteiger partial charge >= 0.3 is 5.97 Å². The Bertz CT molecular complexity index is 975. The number of carbonyl (C=O) groups is 2. The van der Waals surface area contributed by atoms with Gasteiger partial charge in [0.1, 0.15) is 5.75 Å². The van der Waals surface area contributed by atoms with E-state index >= 15 is 0 Å². The molecule has 6 heteroatoms. The molecule has 1 N–H and O–H groups in total. The molecule has 0 unspecified atom stereocenters.